The van der Waals surface area contributed by atoms with Gasteiger partial charge in [-0.25, -0.2) is 18.7 Å². The predicted molar refractivity (Wildman–Crippen MR) is 149 cm³/mol. The Labute approximate surface area is 234 Å². The number of benzene rings is 1. The van der Waals surface area contributed by atoms with E-state index in [1.54, 1.807) is 17.9 Å². The summed E-state index contributed by atoms with van der Waals surface area (Å²) in [5, 5.41) is 11.0. The van der Waals surface area contributed by atoms with Crippen molar-refractivity contribution in [2.24, 2.45) is 0 Å². The highest BCUT2D eigenvalue weighted by molar-refractivity contribution is 5.92. The van der Waals surface area contributed by atoms with E-state index in [1.807, 2.05) is 11.8 Å². The van der Waals surface area contributed by atoms with Gasteiger partial charge in [0.15, 0.2) is 11.3 Å². The molecule has 13 heteroatoms. The van der Waals surface area contributed by atoms with E-state index in [0.717, 1.165) is 4.57 Å². The molecular weight excluding hydrogens is 533 g/mol. The Bertz CT molecular complexity index is 1700. The van der Waals surface area contributed by atoms with E-state index >= 15 is 4.39 Å². The van der Waals surface area contributed by atoms with Crippen LogP contribution in [0.5, 0.6) is 17.5 Å². The third kappa shape index (κ3) is 4.68. The highest BCUT2D eigenvalue weighted by Gasteiger charge is 2.31. The molecule has 0 bridgehead atoms. The molecule has 0 saturated carbocycles. The number of hydrogen-bond acceptors (Lipinski definition) is 10. The molecule has 3 aromatic heterocycles. The number of carbonyl (C=O) groups excluding carboxylic acids is 1. The third-order valence-corrected chi connectivity index (χ3v) is 7.02. The number of nitrogens with zero attached hydrogens (tertiary/aromatic N) is 7. The van der Waals surface area contributed by atoms with E-state index in [0.29, 0.717) is 36.4 Å². The molecule has 1 saturated heterocycles. The molecule has 0 unspecified atom stereocenters. The van der Waals surface area contributed by atoms with Crippen LogP contribution in [0.2, 0.25) is 0 Å². The molecule has 5 rings (SSSR count). The molecule has 1 amide bonds. The van der Waals surface area contributed by atoms with E-state index < -0.39 is 11.5 Å². The number of methoxy groups -OCH3 is 2. The van der Waals surface area contributed by atoms with Gasteiger partial charge in [-0.3, -0.25) is 4.79 Å². The number of piperazine rings is 1. The molecule has 4 aromatic rings. The molecule has 0 radical (unpaired) electrons. The molecule has 1 atom stereocenters. The number of aryl methyl sites for hydroxylation is 1. The first kappa shape index (κ1) is 27.5. The second-order valence-electron chi connectivity index (χ2n) is 9.48. The Hall–Kier alpha value is -5.07. The maximum absolute atomic E-state index is 15.0. The summed E-state index contributed by atoms with van der Waals surface area (Å²) in [4.78, 5) is 47.1. The summed E-state index contributed by atoms with van der Waals surface area (Å²) in [6.45, 7) is 8.39. The number of hydrogen-bond donors (Lipinski definition) is 1. The number of phenolic OH excluding ortho intramolecular Hbond substituents is 1. The molecule has 212 valence electrons. The number of rotatable bonds is 6. The normalized spacial score (nSPS) is 15.2. The molecular formula is C28H28FN7O5. The third-order valence-electron chi connectivity index (χ3n) is 7.02. The van der Waals surface area contributed by atoms with E-state index in [2.05, 4.69) is 21.5 Å². The number of ether oxygens (including phenoxy) is 2. The van der Waals surface area contributed by atoms with Crippen LogP contribution in [-0.2, 0) is 4.79 Å². The van der Waals surface area contributed by atoms with Gasteiger partial charge in [-0.15, -0.1) is 0 Å². The van der Waals surface area contributed by atoms with E-state index in [1.165, 1.54) is 44.8 Å². The molecule has 1 aliphatic heterocycles. The SMILES string of the molecule is C=CC(=O)N1CCN(c2nc(=O)n(-c3c(OC)ncnc3OC)c3nc(-c4c(O)cccc4F)c(C)cc23)[C@@H](C)C1. The lowest BCUT2D eigenvalue weighted by molar-refractivity contribution is -0.126. The smallest absolute Gasteiger partial charge is 0.356 e. The van der Waals surface area contributed by atoms with Gasteiger partial charge in [0.25, 0.3) is 0 Å². The average molecular weight is 562 g/mol. The van der Waals surface area contributed by atoms with Crippen molar-refractivity contribution in [2.75, 3.05) is 38.8 Å². The van der Waals surface area contributed by atoms with Crippen molar-refractivity contribution in [2.45, 2.75) is 19.9 Å². The van der Waals surface area contributed by atoms with E-state index in [-0.39, 0.29) is 52.1 Å². The van der Waals surface area contributed by atoms with Crippen molar-refractivity contribution in [3.8, 4) is 34.5 Å². The van der Waals surface area contributed by atoms with Crippen molar-refractivity contribution >= 4 is 22.8 Å². The molecule has 0 spiro atoms. The Kier molecular flexibility index (Phi) is 7.26. The number of aromatic nitrogens is 5. The topological polar surface area (TPSA) is 136 Å². The molecule has 0 aliphatic carbocycles. The number of carbonyl (C=O) groups is 1. The average Bonchev–Trinajstić information content (AvgIpc) is 2.96. The van der Waals surface area contributed by atoms with Gasteiger partial charge in [0.05, 0.1) is 30.9 Å². The zero-order chi connectivity index (χ0) is 29.4. The zero-order valence-corrected chi connectivity index (χ0v) is 23.0. The minimum Gasteiger partial charge on any atom is -0.507 e. The summed E-state index contributed by atoms with van der Waals surface area (Å²) in [7, 11) is 2.76. The van der Waals surface area contributed by atoms with Gasteiger partial charge in [0.2, 0.25) is 17.7 Å². The Balaban J connectivity index is 1.83. The first-order chi connectivity index (χ1) is 19.7. The van der Waals surface area contributed by atoms with Crippen LogP contribution in [-0.4, -0.2) is 80.3 Å². The number of aromatic hydroxyl groups is 1. The van der Waals surface area contributed by atoms with E-state index in [9.17, 15) is 14.7 Å². The van der Waals surface area contributed by atoms with Crippen LogP contribution < -0.4 is 20.1 Å². The lowest BCUT2D eigenvalue weighted by Gasteiger charge is -2.40. The summed E-state index contributed by atoms with van der Waals surface area (Å²) in [5.74, 6) is -0.778. The van der Waals surface area contributed by atoms with Gasteiger partial charge in [-0.1, -0.05) is 12.6 Å². The minimum absolute atomic E-state index is 0.0254. The van der Waals surface area contributed by atoms with Crippen LogP contribution >= 0.6 is 0 Å². The van der Waals surface area contributed by atoms with Crippen LogP contribution in [0.15, 0.2) is 48.0 Å². The number of pyridine rings is 1. The maximum atomic E-state index is 15.0. The van der Waals surface area contributed by atoms with Crippen LogP contribution in [0.1, 0.15) is 12.5 Å². The fourth-order valence-corrected chi connectivity index (χ4v) is 5.09. The van der Waals surface area contributed by atoms with Gasteiger partial charge >= 0.3 is 5.69 Å². The van der Waals surface area contributed by atoms with Crippen molar-refractivity contribution in [3.63, 3.8) is 0 Å². The monoisotopic (exact) mass is 561 g/mol. The van der Waals surface area contributed by atoms with Crippen LogP contribution in [0, 0.1) is 12.7 Å². The van der Waals surface area contributed by atoms with Crippen molar-refractivity contribution in [3.05, 3.63) is 65.1 Å². The van der Waals surface area contributed by atoms with Gasteiger partial charge < -0.3 is 24.4 Å². The standard InChI is InChI=1S/C28H28FN7O5/c1-6-20(38)34-10-11-35(16(3)13-34)24-17-12-15(2)22(21-18(29)8-7-9-19(21)37)32-25(17)36(28(39)33-24)23-26(40-4)30-14-31-27(23)41-5/h6-9,12,14,16,37H,1,10-11,13H2,2-5H3/t16-/m0/s1. The maximum Gasteiger partial charge on any atom is 0.356 e. The first-order valence-electron chi connectivity index (χ1n) is 12.7. The summed E-state index contributed by atoms with van der Waals surface area (Å²) >= 11 is 0. The van der Waals surface area contributed by atoms with Gasteiger partial charge in [0, 0.05) is 25.7 Å². The molecule has 1 fully saturated rings. The quantitative estimate of drug-likeness (QED) is 0.350. The molecule has 12 nitrogen and oxygen atoms in total. The molecule has 1 aliphatic rings. The van der Waals surface area contributed by atoms with Crippen LogP contribution in [0.3, 0.4) is 0 Å². The van der Waals surface area contributed by atoms with Crippen LogP contribution in [0.4, 0.5) is 10.2 Å². The van der Waals surface area contributed by atoms with Crippen molar-refractivity contribution in [1.82, 2.24) is 29.4 Å². The fraction of sp³-hybridized carbons (Fsp3) is 0.286. The Morgan fingerprint density at radius 3 is 2.49 bits per heavy atom. The predicted octanol–water partition coefficient (Wildman–Crippen LogP) is 2.63. The molecule has 41 heavy (non-hydrogen) atoms. The lowest BCUT2D eigenvalue weighted by atomic mass is 10.0. The highest BCUT2D eigenvalue weighted by Crippen LogP contribution is 2.37. The van der Waals surface area contributed by atoms with E-state index in [4.69, 9.17) is 14.5 Å². The summed E-state index contributed by atoms with van der Waals surface area (Å²) in [6.07, 6.45) is 2.50. The van der Waals surface area contributed by atoms with Crippen molar-refractivity contribution in [1.29, 1.82) is 0 Å². The molecule has 4 heterocycles. The number of amides is 1. The largest absolute Gasteiger partial charge is 0.507 e. The summed E-state index contributed by atoms with van der Waals surface area (Å²) in [5.41, 5.74) is -0.0502. The van der Waals surface area contributed by atoms with Crippen LogP contribution in [0.25, 0.3) is 28.0 Å². The summed E-state index contributed by atoms with van der Waals surface area (Å²) < 4.78 is 27.0. The van der Waals surface area contributed by atoms with Gasteiger partial charge in [-0.2, -0.15) is 15.0 Å². The summed E-state index contributed by atoms with van der Waals surface area (Å²) in [6, 6.07) is 5.49. The number of anilines is 1. The second-order valence-corrected chi connectivity index (χ2v) is 9.48. The fourth-order valence-electron chi connectivity index (χ4n) is 5.09. The number of halogens is 1. The van der Waals surface area contributed by atoms with Crippen molar-refractivity contribution < 1.29 is 23.8 Å². The van der Waals surface area contributed by atoms with Gasteiger partial charge in [-0.05, 0) is 43.7 Å². The first-order valence-corrected chi connectivity index (χ1v) is 12.7. The Morgan fingerprint density at radius 2 is 1.88 bits per heavy atom. The lowest BCUT2D eigenvalue weighted by Crippen LogP contribution is -2.54. The molecule has 1 N–H and O–H groups in total. The van der Waals surface area contributed by atoms with Gasteiger partial charge in [0.1, 0.15) is 23.7 Å². The Morgan fingerprint density at radius 1 is 1.17 bits per heavy atom. The zero-order valence-electron chi connectivity index (χ0n) is 23.0. The number of phenols is 1. The minimum atomic E-state index is -0.740. The second kappa shape index (κ2) is 10.8. The molecule has 1 aromatic carbocycles. The highest BCUT2D eigenvalue weighted by atomic mass is 19.1. The number of fused-ring (bicyclic) bond motifs is 1.